The summed E-state index contributed by atoms with van der Waals surface area (Å²) >= 11 is 0. The van der Waals surface area contributed by atoms with Crippen molar-refractivity contribution in [2.24, 2.45) is 0 Å². The summed E-state index contributed by atoms with van der Waals surface area (Å²) in [5.74, 6) is -0.264. The van der Waals surface area contributed by atoms with Crippen LogP contribution in [-0.4, -0.2) is 36.3 Å². The standard InChI is InChI=1S/C15H21N3O2.ClH/c1-11-5-6-12(16)9-13(11)15(20)17-10-14(19)18-7-3-2-4-8-18;/h5-6,9H,2-4,7-8,10,16H2,1H3,(H,17,20);1H. The molecule has 21 heavy (non-hydrogen) atoms. The van der Waals surface area contributed by atoms with Crippen molar-refractivity contribution in [1.29, 1.82) is 0 Å². The first-order chi connectivity index (χ1) is 9.58. The highest BCUT2D eigenvalue weighted by atomic mass is 35.5. The van der Waals surface area contributed by atoms with E-state index >= 15 is 0 Å². The number of anilines is 1. The summed E-state index contributed by atoms with van der Waals surface area (Å²) in [6.07, 6.45) is 3.28. The predicted molar refractivity (Wildman–Crippen MR) is 85.6 cm³/mol. The number of halogens is 1. The molecule has 1 aromatic carbocycles. The first-order valence-electron chi connectivity index (χ1n) is 7.00. The minimum atomic E-state index is -0.250. The molecule has 1 aliphatic heterocycles. The van der Waals surface area contributed by atoms with Crippen molar-refractivity contribution < 1.29 is 9.59 Å². The zero-order chi connectivity index (χ0) is 14.5. The molecule has 2 amide bonds. The Bertz CT molecular complexity index is 514. The second kappa shape index (κ2) is 7.88. The van der Waals surface area contributed by atoms with Crippen LogP contribution in [0.3, 0.4) is 0 Å². The number of likely N-dealkylation sites (tertiary alicyclic amines) is 1. The van der Waals surface area contributed by atoms with E-state index in [-0.39, 0.29) is 30.8 Å². The number of rotatable bonds is 3. The summed E-state index contributed by atoms with van der Waals surface area (Å²) in [4.78, 5) is 25.9. The van der Waals surface area contributed by atoms with Crippen molar-refractivity contribution in [3.63, 3.8) is 0 Å². The number of hydrogen-bond donors (Lipinski definition) is 2. The van der Waals surface area contributed by atoms with Gasteiger partial charge in [0, 0.05) is 24.3 Å². The van der Waals surface area contributed by atoms with Gasteiger partial charge in [-0.05, 0) is 43.9 Å². The summed E-state index contributed by atoms with van der Waals surface area (Å²) in [6.45, 7) is 3.49. The van der Waals surface area contributed by atoms with Gasteiger partial charge in [0.1, 0.15) is 0 Å². The number of hydrogen-bond acceptors (Lipinski definition) is 3. The third-order valence-electron chi connectivity index (χ3n) is 3.62. The van der Waals surface area contributed by atoms with Crippen molar-refractivity contribution in [3.8, 4) is 0 Å². The summed E-state index contributed by atoms with van der Waals surface area (Å²) in [5.41, 5.74) is 7.60. The monoisotopic (exact) mass is 311 g/mol. The maximum atomic E-state index is 12.1. The van der Waals surface area contributed by atoms with Gasteiger partial charge in [-0.1, -0.05) is 6.07 Å². The highest BCUT2D eigenvalue weighted by Crippen LogP contribution is 2.12. The second-order valence-electron chi connectivity index (χ2n) is 5.20. The zero-order valence-electron chi connectivity index (χ0n) is 12.2. The van der Waals surface area contributed by atoms with Crippen molar-refractivity contribution in [3.05, 3.63) is 29.3 Å². The summed E-state index contributed by atoms with van der Waals surface area (Å²) in [5, 5.41) is 2.68. The number of nitrogens with two attached hydrogens (primary N) is 1. The van der Waals surface area contributed by atoms with E-state index in [1.807, 2.05) is 11.8 Å². The molecule has 0 spiro atoms. The highest BCUT2D eigenvalue weighted by Gasteiger charge is 2.17. The van der Waals surface area contributed by atoms with Crippen molar-refractivity contribution in [2.45, 2.75) is 26.2 Å². The first-order valence-corrected chi connectivity index (χ1v) is 7.00. The fraction of sp³-hybridized carbons (Fsp3) is 0.467. The van der Waals surface area contributed by atoms with E-state index in [4.69, 9.17) is 5.73 Å². The lowest BCUT2D eigenvalue weighted by Crippen LogP contribution is -2.42. The molecule has 1 fully saturated rings. The molecule has 0 saturated carbocycles. The fourth-order valence-electron chi connectivity index (χ4n) is 2.39. The van der Waals surface area contributed by atoms with Gasteiger partial charge in [-0.3, -0.25) is 9.59 Å². The van der Waals surface area contributed by atoms with Gasteiger partial charge < -0.3 is 16.0 Å². The molecular weight excluding hydrogens is 290 g/mol. The third-order valence-corrected chi connectivity index (χ3v) is 3.62. The predicted octanol–water partition coefficient (Wildman–Crippen LogP) is 1.74. The number of carbonyl (C=O) groups excluding carboxylic acids is 2. The molecule has 0 unspecified atom stereocenters. The van der Waals surface area contributed by atoms with Crippen LogP contribution in [0.5, 0.6) is 0 Å². The number of nitrogens with zero attached hydrogens (tertiary/aromatic N) is 1. The summed E-state index contributed by atoms with van der Waals surface area (Å²) in [6, 6.07) is 5.19. The maximum Gasteiger partial charge on any atom is 0.252 e. The summed E-state index contributed by atoms with van der Waals surface area (Å²) < 4.78 is 0. The van der Waals surface area contributed by atoms with Gasteiger partial charge in [0.2, 0.25) is 5.91 Å². The van der Waals surface area contributed by atoms with Gasteiger partial charge in [-0.25, -0.2) is 0 Å². The van der Waals surface area contributed by atoms with Crippen LogP contribution in [0.15, 0.2) is 18.2 Å². The van der Waals surface area contributed by atoms with Crippen molar-refractivity contribution in [1.82, 2.24) is 10.2 Å². The number of nitrogen functional groups attached to an aromatic ring is 1. The Morgan fingerprint density at radius 2 is 1.90 bits per heavy atom. The fourth-order valence-corrected chi connectivity index (χ4v) is 2.39. The van der Waals surface area contributed by atoms with E-state index in [0.29, 0.717) is 11.3 Å². The van der Waals surface area contributed by atoms with E-state index in [0.717, 1.165) is 31.5 Å². The number of benzene rings is 1. The Morgan fingerprint density at radius 3 is 2.57 bits per heavy atom. The maximum absolute atomic E-state index is 12.1. The molecule has 0 aliphatic carbocycles. The number of piperidine rings is 1. The van der Waals surface area contributed by atoms with Crippen LogP contribution in [0.4, 0.5) is 5.69 Å². The van der Waals surface area contributed by atoms with E-state index in [1.165, 1.54) is 6.42 Å². The molecule has 6 heteroatoms. The van der Waals surface area contributed by atoms with Gasteiger partial charge in [0.05, 0.1) is 6.54 Å². The molecular formula is C15H22ClN3O2. The molecule has 116 valence electrons. The largest absolute Gasteiger partial charge is 0.399 e. The highest BCUT2D eigenvalue weighted by molar-refractivity contribution is 5.98. The molecule has 1 aromatic rings. The first kappa shape index (κ1) is 17.3. The van der Waals surface area contributed by atoms with E-state index in [2.05, 4.69) is 5.32 Å². The smallest absolute Gasteiger partial charge is 0.252 e. The lowest BCUT2D eigenvalue weighted by molar-refractivity contribution is -0.130. The number of amides is 2. The average Bonchev–Trinajstić information content (AvgIpc) is 2.47. The van der Waals surface area contributed by atoms with Crippen LogP contribution in [0, 0.1) is 6.92 Å². The Balaban J connectivity index is 0.00000220. The molecule has 5 nitrogen and oxygen atoms in total. The number of nitrogens with one attached hydrogen (secondary N) is 1. The SMILES string of the molecule is Cc1ccc(N)cc1C(=O)NCC(=O)N1CCCCC1.Cl. The molecule has 0 radical (unpaired) electrons. The lowest BCUT2D eigenvalue weighted by atomic mass is 10.1. The molecule has 1 saturated heterocycles. The Morgan fingerprint density at radius 1 is 1.24 bits per heavy atom. The van der Waals surface area contributed by atoms with Gasteiger partial charge in [0.15, 0.2) is 0 Å². The second-order valence-corrected chi connectivity index (χ2v) is 5.20. The van der Waals surface area contributed by atoms with E-state index < -0.39 is 0 Å². The van der Waals surface area contributed by atoms with Gasteiger partial charge in [0.25, 0.3) is 5.91 Å². The van der Waals surface area contributed by atoms with Gasteiger partial charge in [-0.2, -0.15) is 0 Å². The molecule has 2 rings (SSSR count). The Hall–Kier alpha value is -1.75. The minimum Gasteiger partial charge on any atom is -0.399 e. The summed E-state index contributed by atoms with van der Waals surface area (Å²) in [7, 11) is 0. The van der Waals surface area contributed by atoms with Crippen molar-refractivity contribution >= 4 is 29.9 Å². The number of aryl methyl sites for hydroxylation is 1. The van der Waals surface area contributed by atoms with Crippen molar-refractivity contribution in [2.75, 3.05) is 25.4 Å². The molecule has 0 atom stereocenters. The molecule has 3 N–H and O–H groups in total. The molecule has 1 aliphatic rings. The Labute approximate surface area is 131 Å². The minimum absolute atomic E-state index is 0. The quantitative estimate of drug-likeness (QED) is 0.835. The zero-order valence-corrected chi connectivity index (χ0v) is 13.0. The number of carbonyl (C=O) groups is 2. The third kappa shape index (κ3) is 4.63. The topological polar surface area (TPSA) is 75.4 Å². The van der Waals surface area contributed by atoms with Gasteiger partial charge >= 0.3 is 0 Å². The van der Waals surface area contributed by atoms with Crippen LogP contribution in [0.25, 0.3) is 0 Å². The molecule has 0 bridgehead atoms. The molecule has 1 heterocycles. The Kier molecular flexibility index (Phi) is 6.49. The van der Waals surface area contributed by atoms with Crippen LogP contribution in [0.1, 0.15) is 35.2 Å². The molecule has 0 aromatic heterocycles. The van der Waals surface area contributed by atoms with Gasteiger partial charge in [-0.15, -0.1) is 12.4 Å². The normalized spacial score (nSPS) is 14.2. The van der Waals surface area contributed by atoms with E-state index in [1.54, 1.807) is 18.2 Å². The van der Waals surface area contributed by atoms with Crippen LogP contribution < -0.4 is 11.1 Å². The average molecular weight is 312 g/mol. The van der Waals surface area contributed by atoms with Crippen LogP contribution >= 0.6 is 12.4 Å². The van der Waals surface area contributed by atoms with Crippen LogP contribution in [0.2, 0.25) is 0 Å². The van der Waals surface area contributed by atoms with Crippen LogP contribution in [-0.2, 0) is 4.79 Å². The van der Waals surface area contributed by atoms with E-state index in [9.17, 15) is 9.59 Å². The lowest BCUT2D eigenvalue weighted by Gasteiger charge is -2.26.